The topological polar surface area (TPSA) is 57.5 Å². The second kappa shape index (κ2) is 9.14. The first kappa shape index (κ1) is 19.6. The summed E-state index contributed by atoms with van der Waals surface area (Å²) in [6, 6.07) is 28.4. The van der Waals surface area contributed by atoms with Crippen LogP contribution >= 0.6 is 7.14 Å². The lowest BCUT2D eigenvalue weighted by atomic mass is 10.2. The summed E-state index contributed by atoms with van der Waals surface area (Å²) in [5, 5.41) is 21.8. The van der Waals surface area contributed by atoms with Crippen LogP contribution in [-0.4, -0.2) is 21.9 Å². The van der Waals surface area contributed by atoms with Crippen LogP contribution in [0.25, 0.3) is 0 Å². The third-order valence-electron chi connectivity index (χ3n) is 4.80. The summed E-state index contributed by atoms with van der Waals surface area (Å²) in [5.74, 6) is -2.20. The maximum Gasteiger partial charge on any atom is 0.146 e. The molecule has 0 aliphatic carbocycles. The van der Waals surface area contributed by atoms with Crippen molar-refractivity contribution in [2.45, 2.75) is 30.7 Å². The molecule has 0 saturated heterocycles. The predicted molar refractivity (Wildman–Crippen MR) is 110 cm³/mol. The van der Waals surface area contributed by atoms with Crippen LogP contribution in [-0.2, 0) is 23.6 Å². The van der Waals surface area contributed by atoms with Gasteiger partial charge in [0.05, 0.1) is 0 Å². The van der Waals surface area contributed by atoms with Crippen LogP contribution in [0.2, 0.25) is 0 Å². The Morgan fingerprint density at radius 1 is 0.593 bits per heavy atom. The van der Waals surface area contributed by atoms with Crippen LogP contribution in [0.1, 0.15) is 16.7 Å². The van der Waals surface area contributed by atoms with Crippen LogP contribution in [0.5, 0.6) is 0 Å². The maximum absolute atomic E-state index is 13.9. The summed E-state index contributed by atoms with van der Waals surface area (Å²) in [7, 11) is -3.34. The molecule has 3 aromatic carbocycles. The monoisotopic (exact) mass is 380 g/mol. The van der Waals surface area contributed by atoms with E-state index < -0.39 is 18.8 Å². The van der Waals surface area contributed by atoms with E-state index in [0.717, 1.165) is 16.7 Å². The Labute approximate surface area is 160 Å². The van der Waals surface area contributed by atoms with Gasteiger partial charge in [-0.25, -0.2) is 0 Å². The first-order valence-electron chi connectivity index (χ1n) is 9.14. The minimum absolute atomic E-state index is 0.176. The van der Waals surface area contributed by atoms with Gasteiger partial charge in [0.25, 0.3) is 0 Å². The first-order valence-corrected chi connectivity index (χ1v) is 11.2. The van der Waals surface area contributed by atoms with E-state index in [0.29, 0.717) is 0 Å². The molecule has 2 unspecified atom stereocenters. The molecule has 140 valence electrons. The van der Waals surface area contributed by atoms with Gasteiger partial charge in [-0.3, -0.25) is 0 Å². The lowest BCUT2D eigenvalue weighted by Gasteiger charge is -2.29. The second-order valence-corrected chi connectivity index (χ2v) is 10.1. The predicted octanol–water partition coefficient (Wildman–Crippen LogP) is 4.67. The van der Waals surface area contributed by atoms with E-state index in [1.165, 1.54) is 0 Å². The van der Waals surface area contributed by atoms with Gasteiger partial charge in [-0.05, 0) is 16.7 Å². The molecule has 2 N–H and O–H groups in total. The summed E-state index contributed by atoms with van der Waals surface area (Å²) in [6.07, 6.45) is 0.698. The Morgan fingerprint density at radius 2 is 0.926 bits per heavy atom. The number of hydrogen-bond donors (Lipinski definition) is 2. The largest absolute Gasteiger partial charge is 0.385 e. The molecular formula is C23H25O3P. The molecule has 3 aromatic rings. The van der Waals surface area contributed by atoms with Gasteiger partial charge in [0.2, 0.25) is 0 Å². The molecule has 4 heteroatoms. The number of benzene rings is 3. The van der Waals surface area contributed by atoms with Crippen LogP contribution in [0.15, 0.2) is 91.0 Å². The second-order valence-electron chi connectivity index (χ2n) is 6.84. The number of aliphatic hydroxyl groups is 2. The van der Waals surface area contributed by atoms with Gasteiger partial charge >= 0.3 is 0 Å². The first-order chi connectivity index (χ1) is 13.1. The number of rotatable bonds is 8. The molecule has 0 fully saturated rings. The zero-order chi connectivity index (χ0) is 19.1. The van der Waals surface area contributed by atoms with Gasteiger partial charge in [0.15, 0.2) is 0 Å². The van der Waals surface area contributed by atoms with Crippen molar-refractivity contribution in [2.75, 3.05) is 0 Å². The average Bonchev–Trinajstić information content (AvgIpc) is 2.70. The van der Waals surface area contributed by atoms with Crippen molar-refractivity contribution in [3.63, 3.8) is 0 Å². The fraction of sp³-hybridized carbons (Fsp3) is 0.217. The Kier molecular flexibility index (Phi) is 6.63. The Hall–Kier alpha value is -2.19. The molecule has 0 saturated carbocycles. The Bertz CT molecular complexity index is 814. The van der Waals surface area contributed by atoms with Crippen molar-refractivity contribution < 1.29 is 14.8 Å². The van der Waals surface area contributed by atoms with Gasteiger partial charge < -0.3 is 14.8 Å². The van der Waals surface area contributed by atoms with Crippen LogP contribution in [0.4, 0.5) is 0 Å². The molecule has 0 heterocycles. The highest BCUT2D eigenvalue weighted by atomic mass is 31.2. The summed E-state index contributed by atoms with van der Waals surface area (Å²) in [6.45, 7) is 0. The van der Waals surface area contributed by atoms with Gasteiger partial charge in [0.1, 0.15) is 18.8 Å². The third kappa shape index (κ3) is 5.17. The maximum atomic E-state index is 13.9. The molecule has 0 aliphatic heterocycles. The molecule has 2 atom stereocenters. The van der Waals surface area contributed by atoms with E-state index in [1.54, 1.807) is 0 Å². The summed E-state index contributed by atoms with van der Waals surface area (Å²) >= 11 is 0. The molecular weight excluding hydrogens is 355 g/mol. The lowest BCUT2D eigenvalue weighted by molar-refractivity contribution is 0.207. The van der Waals surface area contributed by atoms with Gasteiger partial charge in [0, 0.05) is 19.0 Å². The molecule has 0 radical (unpaired) electrons. The quantitative estimate of drug-likeness (QED) is 0.558. The van der Waals surface area contributed by atoms with Gasteiger partial charge in [-0.15, -0.1) is 0 Å². The fourth-order valence-corrected chi connectivity index (χ4v) is 5.88. The summed E-state index contributed by atoms with van der Waals surface area (Å²) < 4.78 is 13.9. The molecule has 0 bridgehead atoms. The van der Waals surface area contributed by atoms with Crippen molar-refractivity contribution >= 4 is 7.14 Å². The van der Waals surface area contributed by atoms with Gasteiger partial charge in [-0.2, -0.15) is 0 Å². The normalized spacial score (nSPS) is 15.6. The molecule has 27 heavy (non-hydrogen) atoms. The smallest absolute Gasteiger partial charge is 0.146 e. The average molecular weight is 380 g/mol. The Morgan fingerprint density at radius 3 is 1.30 bits per heavy atom. The molecule has 0 aromatic heterocycles. The molecule has 0 amide bonds. The van der Waals surface area contributed by atoms with Crippen molar-refractivity contribution in [3.8, 4) is 0 Å². The highest BCUT2D eigenvalue weighted by Gasteiger charge is 2.39. The number of hydrogen-bond acceptors (Lipinski definition) is 3. The number of aliphatic hydroxyl groups excluding tert-OH is 2. The zero-order valence-electron chi connectivity index (χ0n) is 15.2. The summed E-state index contributed by atoms with van der Waals surface area (Å²) in [5.41, 5.74) is 2.68. The minimum atomic E-state index is -3.34. The molecule has 3 nitrogen and oxygen atoms in total. The van der Waals surface area contributed by atoms with E-state index in [9.17, 15) is 14.8 Å². The van der Waals surface area contributed by atoms with Crippen LogP contribution in [0, 0.1) is 0 Å². The Balaban J connectivity index is 1.86. The SMILES string of the molecule is O=P(Cc1ccccc1)(C(O)Cc1ccccc1)C(O)Cc1ccccc1. The molecule has 0 aliphatic rings. The molecule has 3 rings (SSSR count). The summed E-state index contributed by atoms with van der Waals surface area (Å²) in [4.78, 5) is 0. The highest BCUT2D eigenvalue weighted by Crippen LogP contribution is 2.57. The van der Waals surface area contributed by atoms with E-state index in [2.05, 4.69) is 0 Å². The lowest BCUT2D eigenvalue weighted by Crippen LogP contribution is -2.24. The molecule has 0 spiro atoms. The van der Waals surface area contributed by atoms with Crippen molar-refractivity contribution in [1.29, 1.82) is 0 Å². The highest BCUT2D eigenvalue weighted by molar-refractivity contribution is 7.64. The van der Waals surface area contributed by atoms with E-state index in [1.807, 2.05) is 91.0 Å². The van der Waals surface area contributed by atoms with E-state index >= 15 is 0 Å². The van der Waals surface area contributed by atoms with Crippen molar-refractivity contribution in [1.82, 2.24) is 0 Å². The fourth-order valence-electron chi connectivity index (χ4n) is 3.24. The van der Waals surface area contributed by atoms with Crippen LogP contribution in [0.3, 0.4) is 0 Å². The van der Waals surface area contributed by atoms with Crippen LogP contribution < -0.4 is 0 Å². The third-order valence-corrected chi connectivity index (χ3v) is 8.05. The van der Waals surface area contributed by atoms with E-state index in [4.69, 9.17) is 0 Å². The zero-order valence-corrected chi connectivity index (χ0v) is 16.1. The van der Waals surface area contributed by atoms with E-state index in [-0.39, 0.29) is 19.0 Å². The van der Waals surface area contributed by atoms with Gasteiger partial charge in [-0.1, -0.05) is 91.0 Å². The standard InChI is InChI=1S/C23H25O3P/c24-22(16-19-10-4-1-5-11-19)27(26,18-21-14-8-3-9-15-21)23(25)17-20-12-6-2-7-13-20/h1-15,22-25H,16-18H2. The van der Waals surface area contributed by atoms with Crippen molar-refractivity contribution in [3.05, 3.63) is 108 Å². The minimum Gasteiger partial charge on any atom is -0.385 e. The van der Waals surface area contributed by atoms with Crippen molar-refractivity contribution in [2.24, 2.45) is 0 Å².